The fourth-order valence-corrected chi connectivity index (χ4v) is 11.6. The lowest BCUT2D eigenvalue weighted by molar-refractivity contribution is -0.213. The highest BCUT2D eigenvalue weighted by molar-refractivity contribution is 7.10. The Labute approximate surface area is 223 Å². The molecular formula is C32H53O3P. The van der Waals surface area contributed by atoms with Crippen LogP contribution in [-0.4, -0.2) is 17.2 Å². The van der Waals surface area contributed by atoms with Crippen LogP contribution in [0.2, 0.25) is 0 Å². The lowest BCUT2D eigenvalue weighted by Gasteiger charge is -2.72. The average Bonchev–Trinajstić information content (AvgIpc) is 2.79. The van der Waals surface area contributed by atoms with Gasteiger partial charge in [-0.1, -0.05) is 74.0 Å². The standard InChI is InChI=1S/C32H53O3P/c1-26(2)16-18-32(25(34)35-36)19-17-30(8)20(24(32)28(26,5)6)10-11-22-29(7)14-13-23(33)27(3,4)21(29)12-15-31(22,30)9/h10,21-24,33H,11-19,36H2,1-9H3/t21-,22+,23-,24?,29-,30+,31+,32-/m0/s1. The molecule has 5 rings (SSSR count). The number of allylic oxidation sites excluding steroid dienone is 2. The first-order valence-electron chi connectivity index (χ1n) is 14.8. The van der Waals surface area contributed by atoms with E-state index in [4.69, 9.17) is 4.52 Å². The van der Waals surface area contributed by atoms with Crippen LogP contribution in [0.3, 0.4) is 0 Å². The molecule has 0 heterocycles. The zero-order chi connectivity index (χ0) is 26.7. The molecule has 9 atom stereocenters. The maximum absolute atomic E-state index is 13.6. The molecule has 36 heavy (non-hydrogen) atoms. The molecule has 4 saturated carbocycles. The Morgan fingerprint density at radius 2 is 1.53 bits per heavy atom. The Hall–Kier alpha value is -0.400. The lowest BCUT2D eigenvalue weighted by Crippen LogP contribution is -2.67. The normalized spacial score (nSPS) is 50.5. The molecule has 0 bridgehead atoms. The molecule has 0 aromatic carbocycles. The van der Waals surface area contributed by atoms with E-state index < -0.39 is 5.41 Å². The number of rotatable bonds is 1. The monoisotopic (exact) mass is 516 g/mol. The fraction of sp³-hybridized carbons (Fsp3) is 0.906. The predicted molar refractivity (Wildman–Crippen MR) is 150 cm³/mol. The predicted octanol–water partition coefficient (Wildman–Crippen LogP) is 8.12. The quantitative estimate of drug-likeness (QED) is 0.283. The molecule has 3 nitrogen and oxygen atoms in total. The van der Waals surface area contributed by atoms with Gasteiger partial charge in [-0.25, -0.2) is 0 Å². The summed E-state index contributed by atoms with van der Waals surface area (Å²) >= 11 is 0. The first-order valence-corrected chi connectivity index (χ1v) is 15.2. The molecular weight excluding hydrogens is 463 g/mol. The number of aliphatic hydroxyl groups is 1. The van der Waals surface area contributed by atoms with Crippen molar-refractivity contribution < 1.29 is 14.4 Å². The van der Waals surface area contributed by atoms with Crippen molar-refractivity contribution in [2.45, 2.75) is 126 Å². The van der Waals surface area contributed by atoms with E-state index in [1.165, 1.54) is 12.8 Å². The summed E-state index contributed by atoms with van der Waals surface area (Å²) in [4.78, 5) is 13.6. The minimum Gasteiger partial charge on any atom is -0.451 e. The zero-order valence-electron chi connectivity index (χ0n) is 24.6. The second kappa shape index (κ2) is 7.84. The Kier molecular flexibility index (Phi) is 5.92. The molecule has 2 unspecified atom stereocenters. The maximum Gasteiger partial charge on any atom is 0.314 e. The zero-order valence-corrected chi connectivity index (χ0v) is 25.7. The van der Waals surface area contributed by atoms with Crippen LogP contribution < -0.4 is 0 Å². The third-order valence-corrected chi connectivity index (χ3v) is 14.8. The highest BCUT2D eigenvalue weighted by Gasteiger charge is 2.71. The second-order valence-corrected chi connectivity index (χ2v) is 16.5. The number of carbonyl (C=O) groups excluding carboxylic acids is 1. The van der Waals surface area contributed by atoms with Crippen molar-refractivity contribution in [3.63, 3.8) is 0 Å². The summed E-state index contributed by atoms with van der Waals surface area (Å²) in [6, 6.07) is 0. The Morgan fingerprint density at radius 3 is 2.17 bits per heavy atom. The number of aliphatic hydroxyl groups excluding tert-OH is 1. The summed E-state index contributed by atoms with van der Waals surface area (Å²) in [5.74, 6) is 1.39. The molecule has 1 N–H and O–H groups in total. The van der Waals surface area contributed by atoms with E-state index in [1.54, 1.807) is 5.57 Å². The van der Waals surface area contributed by atoms with Crippen LogP contribution in [0.4, 0.5) is 0 Å². The Morgan fingerprint density at radius 1 is 0.889 bits per heavy atom. The molecule has 4 heteroatoms. The van der Waals surface area contributed by atoms with Crippen LogP contribution in [0.15, 0.2) is 11.6 Å². The first-order chi connectivity index (χ1) is 16.5. The van der Waals surface area contributed by atoms with Crippen LogP contribution in [0.5, 0.6) is 0 Å². The molecule has 5 aliphatic carbocycles. The van der Waals surface area contributed by atoms with Gasteiger partial charge in [-0.3, -0.25) is 4.79 Å². The summed E-state index contributed by atoms with van der Waals surface area (Å²) in [6.45, 7) is 22.1. The van der Waals surface area contributed by atoms with Gasteiger partial charge in [0, 0.05) is 5.92 Å². The number of hydrogen-bond acceptors (Lipinski definition) is 3. The van der Waals surface area contributed by atoms with Crippen LogP contribution in [0.1, 0.15) is 120 Å². The molecule has 0 saturated heterocycles. The SMILES string of the molecule is CC1(C)[C@@H](O)CC[C@]2(C)[C@H]3CC=C4C5C(C)(C)C(C)(C)CC[C@]5(C(=O)OP)CC[C@@]4(C)[C@]3(C)CC[C@@H]12. The highest BCUT2D eigenvalue weighted by atomic mass is 31.0. The molecule has 0 aliphatic heterocycles. The number of carbonyl (C=O) groups is 1. The summed E-state index contributed by atoms with van der Waals surface area (Å²) in [5, 5.41) is 11.0. The van der Waals surface area contributed by atoms with Crippen molar-refractivity contribution >= 4 is 15.4 Å². The fourth-order valence-electron chi connectivity index (χ4n) is 11.3. The van der Waals surface area contributed by atoms with Crippen LogP contribution >= 0.6 is 9.47 Å². The molecule has 0 spiro atoms. The molecule has 0 amide bonds. The van der Waals surface area contributed by atoms with Crippen LogP contribution in [-0.2, 0) is 9.32 Å². The summed E-state index contributed by atoms with van der Waals surface area (Å²) in [7, 11) is 2.27. The van der Waals surface area contributed by atoms with Gasteiger partial charge >= 0.3 is 5.97 Å². The van der Waals surface area contributed by atoms with Gasteiger partial charge in [0.1, 0.15) is 0 Å². The van der Waals surface area contributed by atoms with Crippen molar-refractivity contribution in [3.05, 3.63) is 11.6 Å². The van der Waals surface area contributed by atoms with Crippen molar-refractivity contribution in [1.82, 2.24) is 0 Å². The summed E-state index contributed by atoms with van der Waals surface area (Å²) in [6.07, 6.45) is 12.0. The topological polar surface area (TPSA) is 46.5 Å². The Balaban J connectivity index is 1.66. The third-order valence-electron chi connectivity index (χ3n) is 14.6. The number of hydrogen-bond donors (Lipinski definition) is 1. The lowest BCUT2D eigenvalue weighted by atomic mass is 9.31. The van der Waals surface area contributed by atoms with Crippen LogP contribution in [0, 0.1) is 55.7 Å². The second-order valence-electron chi connectivity index (χ2n) is 16.3. The Bertz CT molecular complexity index is 980. The van der Waals surface area contributed by atoms with Gasteiger partial charge < -0.3 is 9.63 Å². The number of fused-ring (bicyclic) bond motifs is 7. The minimum absolute atomic E-state index is 0.00113. The average molecular weight is 517 g/mol. The molecule has 0 aromatic heterocycles. The largest absolute Gasteiger partial charge is 0.451 e. The third kappa shape index (κ3) is 3.03. The highest BCUT2D eigenvalue weighted by Crippen LogP contribution is 2.77. The first kappa shape index (κ1) is 27.2. The van der Waals surface area contributed by atoms with Gasteiger partial charge in [0.25, 0.3) is 0 Å². The molecule has 0 aromatic rings. The van der Waals surface area contributed by atoms with E-state index >= 15 is 0 Å². The van der Waals surface area contributed by atoms with E-state index in [0.29, 0.717) is 11.8 Å². The summed E-state index contributed by atoms with van der Waals surface area (Å²) in [5.41, 5.74) is 1.84. The van der Waals surface area contributed by atoms with Gasteiger partial charge in [-0.2, -0.15) is 0 Å². The molecule has 4 fully saturated rings. The van der Waals surface area contributed by atoms with E-state index in [0.717, 1.165) is 44.9 Å². The molecule has 204 valence electrons. The maximum atomic E-state index is 13.6. The molecule has 0 radical (unpaired) electrons. The van der Waals surface area contributed by atoms with E-state index in [1.807, 2.05) is 0 Å². The van der Waals surface area contributed by atoms with Gasteiger partial charge in [-0.05, 0) is 102 Å². The van der Waals surface area contributed by atoms with E-state index in [2.05, 4.69) is 77.9 Å². The van der Waals surface area contributed by atoms with Crippen LogP contribution in [0.25, 0.3) is 0 Å². The van der Waals surface area contributed by atoms with Crippen molar-refractivity contribution in [2.24, 2.45) is 55.7 Å². The van der Waals surface area contributed by atoms with Crippen molar-refractivity contribution in [2.75, 3.05) is 0 Å². The van der Waals surface area contributed by atoms with Gasteiger partial charge in [0.2, 0.25) is 0 Å². The van der Waals surface area contributed by atoms with Gasteiger partial charge in [0.05, 0.1) is 21.0 Å². The minimum atomic E-state index is -0.409. The van der Waals surface area contributed by atoms with Crippen molar-refractivity contribution in [1.29, 1.82) is 0 Å². The van der Waals surface area contributed by atoms with E-state index in [9.17, 15) is 9.90 Å². The van der Waals surface area contributed by atoms with Gasteiger partial charge in [-0.15, -0.1) is 0 Å². The molecule has 5 aliphatic rings. The summed E-state index contributed by atoms with van der Waals surface area (Å²) < 4.78 is 5.50. The smallest absolute Gasteiger partial charge is 0.314 e. The van der Waals surface area contributed by atoms with Gasteiger partial charge in [0.15, 0.2) is 0 Å². The van der Waals surface area contributed by atoms with Crippen molar-refractivity contribution in [3.8, 4) is 0 Å². The van der Waals surface area contributed by atoms with E-state index in [-0.39, 0.29) is 50.5 Å².